The predicted octanol–water partition coefficient (Wildman–Crippen LogP) is -0.195. The van der Waals surface area contributed by atoms with Crippen molar-refractivity contribution in [1.29, 1.82) is 0 Å². The molecule has 20 heavy (non-hydrogen) atoms. The van der Waals surface area contributed by atoms with Crippen LogP contribution in [0.4, 0.5) is 0 Å². The highest BCUT2D eigenvalue weighted by Gasteiger charge is 2.35. The van der Waals surface area contributed by atoms with Gasteiger partial charge in [-0.1, -0.05) is 6.07 Å². The van der Waals surface area contributed by atoms with Gasteiger partial charge in [0, 0.05) is 19.3 Å². The molecule has 2 rings (SSSR count). The van der Waals surface area contributed by atoms with E-state index in [2.05, 4.69) is 10.3 Å². The zero-order valence-corrected chi connectivity index (χ0v) is 11.0. The molecule has 0 bridgehead atoms. The molecule has 1 atom stereocenters. The second-order valence-corrected chi connectivity index (χ2v) is 4.57. The molecule has 2 heterocycles. The van der Waals surface area contributed by atoms with Gasteiger partial charge in [-0.2, -0.15) is 0 Å². The number of aryl methyl sites for hydroxylation is 1. The summed E-state index contributed by atoms with van der Waals surface area (Å²) in [4.78, 5) is 40.4. The first kappa shape index (κ1) is 14.0. The second-order valence-electron chi connectivity index (χ2n) is 4.57. The Hall–Kier alpha value is -2.44. The second kappa shape index (κ2) is 5.68. The minimum Gasteiger partial charge on any atom is -0.481 e. The molecule has 1 aromatic rings. The molecule has 0 aliphatic carbocycles. The molecule has 0 aromatic carbocycles. The highest BCUT2D eigenvalue weighted by atomic mass is 16.4. The van der Waals surface area contributed by atoms with E-state index in [0.717, 1.165) is 0 Å². The lowest BCUT2D eigenvalue weighted by molar-refractivity contribution is -0.142. The molecule has 1 aromatic heterocycles. The summed E-state index contributed by atoms with van der Waals surface area (Å²) in [5, 5.41) is 11.4. The topological polar surface area (TPSA) is 99.6 Å². The van der Waals surface area contributed by atoms with Crippen LogP contribution in [0.15, 0.2) is 18.3 Å². The van der Waals surface area contributed by atoms with Gasteiger partial charge in [-0.3, -0.25) is 19.4 Å². The van der Waals surface area contributed by atoms with Crippen molar-refractivity contribution < 1.29 is 19.5 Å². The summed E-state index contributed by atoms with van der Waals surface area (Å²) in [7, 11) is 0. The van der Waals surface area contributed by atoms with Crippen molar-refractivity contribution in [2.45, 2.75) is 19.4 Å². The Morgan fingerprint density at radius 2 is 2.30 bits per heavy atom. The Bertz CT molecular complexity index is 558. The predicted molar refractivity (Wildman–Crippen MR) is 69.1 cm³/mol. The summed E-state index contributed by atoms with van der Waals surface area (Å²) in [5.41, 5.74) is 0.940. The van der Waals surface area contributed by atoms with E-state index in [-0.39, 0.29) is 12.2 Å². The molecule has 0 radical (unpaired) electrons. The Kier molecular flexibility index (Phi) is 3.97. The molecule has 0 saturated carbocycles. The molecule has 106 valence electrons. The molecule has 7 nitrogen and oxygen atoms in total. The fourth-order valence-electron chi connectivity index (χ4n) is 2.17. The molecule has 1 aliphatic rings. The summed E-state index contributed by atoms with van der Waals surface area (Å²) in [6.07, 6.45) is 1.08. The molecule has 1 fully saturated rings. The quantitative estimate of drug-likeness (QED) is 0.797. The lowest BCUT2D eigenvalue weighted by Crippen LogP contribution is -2.58. The van der Waals surface area contributed by atoms with Gasteiger partial charge < -0.3 is 15.3 Å². The molecule has 2 amide bonds. The third-order valence-corrected chi connectivity index (χ3v) is 3.17. The normalized spacial score (nSPS) is 18.6. The van der Waals surface area contributed by atoms with Crippen molar-refractivity contribution in [1.82, 2.24) is 15.2 Å². The molecule has 1 aliphatic heterocycles. The average Bonchev–Trinajstić information content (AvgIpc) is 2.40. The Labute approximate surface area is 115 Å². The van der Waals surface area contributed by atoms with Crippen molar-refractivity contribution in [3.05, 3.63) is 29.6 Å². The number of aromatic nitrogens is 1. The summed E-state index contributed by atoms with van der Waals surface area (Å²) < 4.78 is 0. The highest BCUT2D eigenvalue weighted by Crippen LogP contribution is 2.15. The van der Waals surface area contributed by atoms with Crippen molar-refractivity contribution in [2.24, 2.45) is 0 Å². The number of carbonyl (C=O) groups excluding carboxylic acids is 2. The first-order valence-electron chi connectivity index (χ1n) is 6.23. The van der Waals surface area contributed by atoms with Crippen molar-refractivity contribution in [3.63, 3.8) is 0 Å². The molecule has 1 saturated heterocycles. The number of carbonyl (C=O) groups is 3. The van der Waals surface area contributed by atoms with Gasteiger partial charge in [0.05, 0.1) is 6.42 Å². The first-order chi connectivity index (χ1) is 9.50. The number of hydrogen-bond donors (Lipinski definition) is 2. The Balaban J connectivity index is 2.28. The third-order valence-electron chi connectivity index (χ3n) is 3.17. The minimum absolute atomic E-state index is 0.248. The number of hydrogen-bond acceptors (Lipinski definition) is 4. The monoisotopic (exact) mass is 277 g/mol. The summed E-state index contributed by atoms with van der Waals surface area (Å²) >= 11 is 0. The van der Waals surface area contributed by atoms with Crippen LogP contribution in [0, 0.1) is 6.92 Å². The van der Waals surface area contributed by atoms with Crippen molar-refractivity contribution in [2.75, 3.05) is 13.1 Å². The lowest BCUT2D eigenvalue weighted by Gasteiger charge is -2.34. The number of aliphatic carboxylic acids is 1. The van der Waals surface area contributed by atoms with Gasteiger partial charge in [0.1, 0.15) is 11.7 Å². The van der Waals surface area contributed by atoms with Crippen LogP contribution in [-0.2, 0) is 9.59 Å². The number of piperazine rings is 1. The van der Waals surface area contributed by atoms with Gasteiger partial charge in [-0.25, -0.2) is 0 Å². The van der Waals surface area contributed by atoms with E-state index in [0.29, 0.717) is 12.1 Å². The number of nitrogens with zero attached hydrogens (tertiary/aromatic N) is 2. The number of rotatable bonds is 3. The number of nitrogens with one attached hydrogen (secondary N) is 1. The SMILES string of the molecule is Cc1cccnc1C(=O)N1CCNC(=O)C1CC(=O)O. The fraction of sp³-hybridized carbons (Fsp3) is 0.385. The number of carboxylic acid groups (broad SMARTS) is 1. The molecule has 7 heteroatoms. The van der Waals surface area contributed by atoms with Crippen molar-refractivity contribution in [3.8, 4) is 0 Å². The molecular formula is C13H15N3O4. The Morgan fingerprint density at radius 3 is 2.95 bits per heavy atom. The van der Waals surface area contributed by atoms with E-state index < -0.39 is 30.2 Å². The van der Waals surface area contributed by atoms with Crippen LogP contribution in [0.25, 0.3) is 0 Å². The van der Waals surface area contributed by atoms with E-state index in [9.17, 15) is 14.4 Å². The smallest absolute Gasteiger partial charge is 0.305 e. The molecule has 2 N–H and O–H groups in total. The van der Waals surface area contributed by atoms with Gasteiger partial charge in [-0.05, 0) is 18.6 Å². The third kappa shape index (κ3) is 2.76. The van der Waals surface area contributed by atoms with Crippen LogP contribution in [-0.4, -0.2) is 51.9 Å². The van der Waals surface area contributed by atoms with Crippen LogP contribution in [0.2, 0.25) is 0 Å². The van der Waals surface area contributed by atoms with E-state index >= 15 is 0 Å². The zero-order valence-electron chi connectivity index (χ0n) is 11.0. The summed E-state index contributed by atoms with van der Waals surface area (Å²) in [6.45, 7) is 2.33. The van der Waals surface area contributed by atoms with Crippen LogP contribution >= 0.6 is 0 Å². The number of pyridine rings is 1. The largest absolute Gasteiger partial charge is 0.481 e. The van der Waals surface area contributed by atoms with Crippen LogP contribution in [0.1, 0.15) is 22.5 Å². The van der Waals surface area contributed by atoms with E-state index in [1.807, 2.05) is 0 Å². The zero-order chi connectivity index (χ0) is 14.7. The van der Waals surface area contributed by atoms with Gasteiger partial charge >= 0.3 is 5.97 Å². The maximum absolute atomic E-state index is 12.4. The number of amides is 2. The van der Waals surface area contributed by atoms with Crippen LogP contribution < -0.4 is 5.32 Å². The standard InChI is InChI=1S/C13H15N3O4/c1-8-3-2-4-14-11(8)13(20)16-6-5-15-12(19)9(16)7-10(17)18/h2-4,9H,5-7H2,1H3,(H,15,19)(H,17,18). The fourth-order valence-corrected chi connectivity index (χ4v) is 2.17. The van der Waals surface area contributed by atoms with Crippen LogP contribution in [0.3, 0.4) is 0 Å². The molecule has 1 unspecified atom stereocenters. The summed E-state index contributed by atoms with van der Waals surface area (Å²) in [5.74, 6) is -1.98. The van der Waals surface area contributed by atoms with Gasteiger partial charge in [0.2, 0.25) is 5.91 Å². The minimum atomic E-state index is -1.12. The number of carboxylic acids is 1. The van der Waals surface area contributed by atoms with E-state index in [1.54, 1.807) is 19.1 Å². The highest BCUT2D eigenvalue weighted by molar-refractivity contribution is 5.98. The van der Waals surface area contributed by atoms with Gasteiger partial charge in [-0.15, -0.1) is 0 Å². The Morgan fingerprint density at radius 1 is 1.55 bits per heavy atom. The van der Waals surface area contributed by atoms with Gasteiger partial charge in [0.15, 0.2) is 0 Å². The van der Waals surface area contributed by atoms with Crippen molar-refractivity contribution >= 4 is 17.8 Å². The van der Waals surface area contributed by atoms with Gasteiger partial charge in [0.25, 0.3) is 5.91 Å². The summed E-state index contributed by atoms with van der Waals surface area (Å²) in [6, 6.07) is 2.47. The van der Waals surface area contributed by atoms with Crippen LogP contribution in [0.5, 0.6) is 0 Å². The maximum Gasteiger partial charge on any atom is 0.305 e. The maximum atomic E-state index is 12.4. The van der Waals surface area contributed by atoms with E-state index in [1.165, 1.54) is 11.1 Å². The lowest BCUT2D eigenvalue weighted by atomic mass is 10.1. The molecule has 0 spiro atoms. The average molecular weight is 277 g/mol. The molecular weight excluding hydrogens is 262 g/mol. The van der Waals surface area contributed by atoms with E-state index in [4.69, 9.17) is 5.11 Å². The first-order valence-corrected chi connectivity index (χ1v) is 6.23.